The molecule has 7 nitrogen and oxygen atoms in total. The van der Waals surface area contributed by atoms with Crippen LogP contribution >= 0.6 is 0 Å². The summed E-state index contributed by atoms with van der Waals surface area (Å²) in [6, 6.07) is 9.43. The van der Waals surface area contributed by atoms with Crippen LogP contribution in [0.5, 0.6) is 5.75 Å². The van der Waals surface area contributed by atoms with Crippen LogP contribution < -0.4 is 4.74 Å². The van der Waals surface area contributed by atoms with Crippen LogP contribution in [-0.2, 0) is 17.8 Å². The standard InChI is InChI=1S/C19H21N3O4/c1-13-16(10-11-25-13)19-21-20-17(26-19)8-9-18(23)22(2)12-14-4-6-15(24-3)7-5-14/h4-7,10-11H,8-9,12H2,1-3H3. The quantitative estimate of drug-likeness (QED) is 0.647. The van der Waals surface area contributed by atoms with Crippen LogP contribution in [0.3, 0.4) is 0 Å². The lowest BCUT2D eigenvalue weighted by molar-refractivity contribution is -0.130. The van der Waals surface area contributed by atoms with Crippen LogP contribution in [-0.4, -0.2) is 35.2 Å². The number of amides is 1. The summed E-state index contributed by atoms with van der Waals surface area (Å²) in [4.78, 5) is 14.0. The number of carbonyl (C=O) groups is 1. The van der Waals surface area contributed by atoms with E-state index in [-0.39, 0.29) is 5.91 Å². The van der Waals surface area contributed by atoms with E-state index in [4.69, 9.17) is 13.6 Å². The number of aryl methyl sites for hydroxylation is 2. The molecular formula is C19H21N3O4. The normalized spacial score (nSPS) is 10.7. The first kappa shape index (κ1) is 17.7. The Labute approximate surface area is 151 Å². The van der Waals surface area contributed by atoms with E-state index in [1.54, 1.807) is 31.4 Å². The Kier molecular flexibility index (Phi) is 5.36. The van der Waals surface area contributed by atoms with Crippen molar-refractivity contribution in [1.82, 2.24) is 15.1 Å². The van der Waals surface area contributed by atoms with Gasteiger partial charge in [0.15, 0.2) is 0 Å². The molecule has 0 atom stereocenters. The predicted molar refractivity (Wildman–Crippen MR) is 94.5 cm³/mol. The molecule has 26 heavy (non-hydrogen) atoms. The topological polar surface area (TPSA) is 81.6 Å². The van der Waals surface area contributed by atoms with E-state index in [9.17, 15) is 4.79 Å². The average molecular weight is 355 g/mol. The van der Waals surface area contributed by atoms with Gasteiger partial charge < -0.3 is 18.5 Å². The van der Waals surface area contributed by atoms with Crippen LogP contribution in [0.1, 0.15) is 23.6 Å². The molecule has 0 aliphatic rings. The highest BCUT2D eigenvalue weighted by molar-refractivity contribution is 5.76. The molecule has 0 radical (unpaired) electrons. The van der Waals surface area contributed by atoms with E-state index in [2.05, 4.69) is 10.2 Å². The van der Waals surface area contributed by atoms with Gasteiger partial charge in [-0.15, -0.1) is 10.2 Å². The SMILES string of the molecule is COc1ccc(CN(C)C(=O)CCc2nnc(-c3ccoc3C)o2)cc1. The number of hydrogen-bond donors (Lipinski definition) is 0. The molecule has 1 aromatic carbocycles. The van der Waals surface area contributed by atoms with Crippen LogP contribution in [0.4, 0.5) is 0 Å². The number of hydrogen-bond acceptors (Lipinski definition) is 6. The Balaban J connectivity index is 1.53. The molecule has 0 unspecified atom stereocenters. The van der Waals surface area contributed by atoms with E-state index in [0.717, 1.165) is 22.6 Å². The van der Waals surface area contributed by atoms with E-state index in [1.807, 2.05) is 31.2 Å². The largest absolute Gasteiger partial charge is 0.497 e. The molecule has 0 bridgehead atoms. The van der Waals surface area contributed by atoms with Gasteiger partial charge in [0.25, 0.3) is 5.89 Å². The maximum atomic E-state index is 12.3. The first-order valence-corrected chi connectivity index (χ1v) is 8.30. The number of ether oxygens (including phenoxy) is 1. The van der Waals surface area contributed by atoms with Gasteiger partial charge in [0, 0.05) is 26.4 Å². The van der Waals surface area contributed by atoms with Crippen molar-refractivity contribution in [3.8, 4) is 17.2 Å². The lowest BCUT2D eigenvalue weighted by Crippen LogP contribution is -2.26. The van der Waals surface area contributed by atoms with Crippen molar-refractivity contribution in [3.05, 3.63) is 53.8 Å². The number of furan rings is 1. The Morgan fingerprint density at radius 3 is 2.62 bits per heavy atom. The summed E-state index contributed by atoms with van der Waals surface area (Å²) in [6.07, 6.45) is 2.28. The van der Waals surface area contributed by atoms with Gasteiger partial charge in [0.05, 0.1) is 18.9 Å². The zero-order valence-corrected chi connectivity index (χ0v) is 15.1. The fourth-order valence-electron chi connectivity index (χ4n) is 2.57. The van der Waals surface area contributed by atoms with Crippen molar-refractivity contribution < 1.29 is 18.4 Å². The molecule has 0 saturated carbocycles. The maximum absolute atomic E-state index is 12.3. The van der Waals surface area contributed by atoms with Gasteiger partial charge in [0.1, 0.15) is 11.5 Å². The fourth-order valence-corrected chi connectivity index (χ4v) is 2.57. The average Bonchev–Trinajstić information content (AvgIpc) is 3.28. The third-order valence-electron chi connectivity index (χ3n) is 4.11. The summed E-state index contributed by atoms with van der Waals surface area (Å²) in [5.41, 5.74) is 1.81. The molecule has 0 N–H and O–H groups in total. The number of aromatic nitrogens is 2. The number of rotatable bonds is 7. The molecule has 7 heteroatoms. The van der Waals surface area contributed by atoms with Crippen molar-refractivity contribution in [2.75, 3.05) is 14.2 Å². The minimum atomic E-state index is 0.0139. The molecule has 2 aromatic heterocycles. The highest BCUT2D eigenvalue weighted by Gasteiger charge is 2.15. The number of methoxy groups -OCH3 is 1. The van der Waals surface area contributed by atoms with Gasteiger partial charge in [-0.25, -0.2) is 0 Å². The molecule has 2 heterocycles. The Morgan fingerprint density at radius 1 is 1.19 bits per heavy atom. The van der Waals surface area contributed by atoms with Crippen molar-refractivity contribution in [1.29, 1.82) is 0 Å². The molecule has 0 aliphatic heterocycles. The molecule has 1 amide bonds. The van der Waals surface area contributed by atoms with E-state index in [0.29, 0.717) is 31.2 Å². The summed E-state index contributed by atoms with van der Waals surface area (Å²) in [7, 11) is 3.40. The summed E-state index contributed by atoms with van der Waals surface area (Å²) in [5, 5.41) is 8.02. The highest BCUT2D eigenvalue weighted by atomic mass is 16.5. The molecular weight excluding hydrogens is 334 g/mol. The molecule has 3 aromatic rings. The molecule has 0 spiro atoms. The Bertz CT molecular complexity index is 867. The van der Waals surface area contributed by atoms with Crippen LogP contribution in [0.2, 0.25) is 0 Å². The molecule has 0 aliphatic carbocycles. The van der Waals surface area contributed by atoms with Gasteiger partial charge >= 0.3 is 0 Å². The zero-order chi connectivity index (χ0) is 18.5. The first-order chi connectivity index (χ1) is 12.6. The molecule has 3 rings (SSSR count). The number of carbonyl (C=O) groups excluding carboxylic acids is 1. The van der Waals surface area contributed by atoms with Gasteiger partial charge in [-0.3, -0.25) is 4.79 Å². The van der Waals surface area contributed by atoms with E-state index < -0.39 is 0 Å². The van der Waals surface area contributed by atoms with Crippen LogP contribution in [0.15, 0.2) is 45.4 Å². The van der Waals surface area contributed by atoms with Crippen molar-refractivity contribution in [2.45, 2.75) is 26.3 Å². The smallest absolute Gasteiger partial charge is 0.251 e. The minimum Gasteiger partial charge on any atom is -0.497 e. The summed E-state index contributed by atoms with van der Waals surface area (Å²) in [6.45, 7) is 2.36. The molecule has 0 fully saturated rings. The van der Waals surface area contributed by atoms with Gasteiger partial charge in [-0.05, 0) is 30.7 Å². The Morgan fingerprint density at radius 2 is 1.96 bits per heavy atom. The second-order valence-corrected chi connectivity index (χ2v) is 5.99. The monoisotopic (exact) mass is 355 g/mol. The number of nitrogens with zero attached hydrogens (tertiary/aromatic N) is 3. The third-order valence-corrected chi connectivity index (χ3v) is 4.11. The second kappa shape index (κ2) is 7.86. The number of benzene rings is 1. The summed E-state index contributed by atoms with van der Waals surface area (Å²) in [5.74, 6) is 2.37. The van der Waals surface area contributed by atoms with Crippen molar-refractivity contribution in [3.63, 3.8) is 0 Å². The van der Waals surface area contributed by atoms with E-state index >= 15 is 0 Å². The van der Waals surface area contributed by atoms with E-state index in [1.165, 1.54) is 0 Å². The van der Waals surface area contributed by atoms with Gasteiger partial charge in [-0.2, -0.15) is 0 Å². The van der Waals surface area contributed by atoms with Crippen molar-refractivity contribution >= 4 is 5.91 Å². The fraction of sp³-hybridized carbons (Fsp3) is 0.316. The maximum Gasteiger partial charge on any atom is 0.251 e. The Hall–Kier alpha value is -3.09. The first-order valence-electron chi connectivity index (χ1n) is 8.30. The second-order valence-electron chi connectivity index (χ2n) is 5.99. The third kappa shape index (κ3) is 4.11. The van der Waals surface area contributed by atoms with Gasteiger partial charge in [0.2, 0.25) is 11.8 Å². The summed E-state index contributed by atoms with van der Waals surface area (Å²) >= 11 is 0. The molecule has 136 valence electrons. The highest BCUT2D eigenvalue weighted by Crippen LogP contribution is 2.23. The van der Waals surface area contributed by atoms with Crippen molar-refractivity contribution in [2.24, 2.45) is 0 Å². The zero-order valence-electron chi connectivity index (χ0n) is 15.1. The van der Waals surface area contributed by atoms with Crippen LogP contribution in [0, 0.1) is 6.92 Å². The minimum absolute atomic E-state index is 0.0139. The van der Waals surface area contributed by atoms with Crippen LogP contribution in [0.25, 0.3) is 11.5 Å². The lowest BCUT2D eigenvalue weighted by Gasteiger charge is -2.17. The molecule has 0 saturated heterocycles. The van der Waals surface area contributed by atoms with Gasteiger partial charge in [-0.1, -0.05) is 12.1 Å². The predicted octanol–water partition coefficient (Wildman–Crippen LogP) is 3.24. The lowest BCUT2D eigenvalue weighted by atomic mass is 10.2. The summed E-state index contributed by atoms with van der Waals surface area (Å²) < 4.78 is 16.0.